The third-order valence-electron chi connectivity index (χ3n) is 1.35. The van der Waals surface area contributed by atoms with E-state index in [0.29, 0.717) is 0 Å². The van der Waals surface area contributed by atoms with E-state index in [4.69, 9.17) is 0 Å². The van der Waals surface area contributed by atoms with Crippen molar-refractivity contribution in [1.29, 1.82) is 0 Å². The highest BCUT2D eigenvalue weighted by Crippen LogP contribution is 2.04. The number of likely N-dealkylation sites (N-methyl/N-ethyl adjacent to an activating group) is 1. The van der Waals surface area contributed by atoms with E-state index in [1.807, 2.05) is 53.8 Å². The van der Waals surface area contributed by atoms with Gasteiger partial charge in [0.25, 0.3) is 0 Å². The van der Waals surface area contributed by atoms with Crippen LogP contribution >= 0.6 is 0 Å². The molecule has 0 bridgehead atoms. The van der Waals surface area contributed by atoms with Crippen molar-refractivity contribution in [2.75, 3.05) is 7.05 Å². The highest BCUT2D eigenvalue weighted by atomic mass is 14.8. The Balaban J connectivity index is -0.000000318. The zero-order valence-electron chi connectivity index (χ0n) is 11.2. The minimum atomic E-state index is 1.02. The van der Waals surface area contributed by atoms with Crippen LogP contribution in [0, 0.1) is 0 Å². The highest BCUT2D eigenvalue weighted by Gasteiger charge is 1.91. The summed E-state index contributed by atoms with van der Waals surface area (Å²) in [6, 6.07) is 0. The lowest BCUT2D eigenvalue weighted by molar-refractivity contribution is 1.02. The number of hydrogen-bond donors (Lipinski definition) is 1. The van der Waals surface area contributed by atoms with Crippen molar-refractivity contribution in [3.63, 3.8) is 0 Å². The van der Waals surface area contributed by atoms with Crippen LogP contribution in [0.1, 0.15) is 34.6 Å². The van der Waals surface area contributed by atoms with Gasteiger partial charge in [-0.2, -0.15) is 0 Å². The van der Waals surface area contributed by atoms with Crippen LogP contribution < -0.4 is 5.32 Å². The van der Waals surface area contributed by atoms with Crippen molar-refractivity contribution < 1.29 is 0 Å². The molecule has 0 amide bonds. The fourth-order valence-electron chi connectivity index (χ4n) is 0.794. The summed E-state index contributed by atoms with van der Waals surface area (Å²) in [5.41, 5.74) is 2.06. The SMILES string of the molecule is C=CC(C=C)=C(/C=C\C)NC.CC.CC. The van der Waals surface area contributed by atoms with Crippen molar-refractivity contribution in [2.24, 2.45) is 0 Å². The molecule has 0 heterocycles. The quantitative estimate of drug-likeness (QED) is 0.674. The first-order valence-electron chi connectivity index (χ1n) is 5.59. The fourth-order valence-corrected chi connectivity index (χ4v) is 0.794. The van der Waals surface area contributed by atoms with Crippen LogP contribution in [0.3, 0.4) is 0 Å². The highest BCUT2D eigenvalue weighted by molar-refractivity contribution is 5.37. The molecular formula is C14H27N. The molecule has 0 spiro atoms. The summed E-state index contributed by atoms with van der Waals surface area (Å²) < 4.78 is 0. The average molecular weight is 209 g/mol. The molecule has 0 saturated heterocycles. The Bertz CT molecular complexity index is 187. The second-order valence-corrected chi connectivity index (χ2v) is 2.03. The first kappa shape index (κ1) is 19.4. The van der Waals surface area contributed by atoms with E-state index < -0.39 is 0 Å². The van der Waals surface area contributed by atoms with E-state index in [1.54, 1.807) is 12.2 Å². The molecule has 15 heavy (non-hydrogen) atoms. The molecule has 1 N–H and O–H groups in total. The molecule has 0 aromatic heterocycles. The molecule has 0 aromatic rings. The average Bonchev–Trinajstić information content (AvgIpc) is 2.34. The molecule has 88 valence electrons. The second-order valence-electron chi connectivity index (χ2n) is 2.03. The van der Waals surface area contributed by atoms with Gasteiger partial charge in [0, 0.05) is 12.7 Å². The monoisotopic (exact) mass is 209 g/mol. The van der Waals surface area contributed by atoms with Crippen LogP contribution in [0.15, 0.2) is 48.7 Å². The zero-order valence-corrected chi connectivity index (χ0v) is 11.2. The Hall–Kier alpha value is -1.24. The lowest BCUT2D eigenvalue weighted by atomic mass is 10.2. The van der Waals surface area contributed by atoms with Crippen LogP contribution in [0.2, 0.25) is 0 Å². The van der Waals surface area contributed by atoms with Crippen LogP contribution in [0.4, 0.5) is 0 Å². The number of hydrogen-bond acceptors (Lipinski definition) is 1. The summed E-state index contributed by atoms with van der Waals surface area (Å²) in [7, 11) is 1.88. The molecule has 0 unspecified atom stereocenters. The summed E-state index contributed by atoms with van der Waals surface area (Å²) in [6.45, 7) is 17.3. The normalized spacial score (nSPS) is 7.60. The zero-order chi connectivity index (χ0) is 12.7. The predicted octanol–water partition coefficient (Wildman–Crippen LogP) is 4.46. The van der Waals surface area contributed by atoms with Crippen molar-refractivity contribution in [1.82, 2.24) is 5.32 Å². The molecule has 0 radical (unpaired) electrons. The predicted molar refractivity (Wildman–Crippen MR) is 74.0 cm³/mol. The molecule has 1 nitrogen and oxygen atoms in total. The standard InChI is InChI=1S/C10H15N.2C2H6/c1-5-8-10(11-4)9(6-2)7-3;2*1-2/h5-8,11H,2-3H2,1,4H3;2*1-2H3/b8-5-;;. The molecule has 0 aliphatic heterocycles. The van der Waals surface area contributed by atoms with Crippen molar-refractivity contribution >= 4 is 0 Å². The summed E-state index contributed by atoms with van der Waals surface area (Å²) in [4.78, 5) is 0. The number of allylic oxidation sites excluding steroid dienone is 5. The van der Waals surface area contributed by atoms with Crippen LogP contribution in [-0.4, -0.2) is 7.05 Å². The minimum Gasteiger partial charge on any atom is -0.388 e. The molecule has 0 rings (SSSR count). The van der Waals surface area contributed by atoms with E-state index >= 15 is 0 Å². The molecule has 0 fully saturated rings. The molecule has 0 aromatic carbocycles. The maximum Gasteiger partial charge on any atom is 0.0407 e. The van der Waals surface area contributed by atoms with Crippen molar-refractivity contribution in [3.8, 4) is 0 Å². The summed E-state index contributed by atoms with van der Waals surface area (Å²) in [5, 5.41) is 3.06. The van der Waals surface area contributed by atoms with Crippen molar-refractivity contribution in [2.45, 2.75) is 34.6 Å². The van der Waals surface area contributed by atoms with Gasteiger partial charge in [-0.1, -0.05) is 59.1 Å². The van der Waals surface area contributed by atoms with Gasteiger partial charge in [0.15, 0.2) is 0 Å². The van der Waals surface area contributed by atoms with Gasteiger partial charge in [-0.25, -0.2) is 0 Å². The lowest BCUT2D eigenvalue weighted by Gasteiger charge is -2.03. The largest absolute Gasteiger partial charge is 0.388 e. The van der Waals surface area contributed by atoms with Gasteiger partial charge in [0.05, 0.1) is 0 Å². The van der Waals surface area contributed by atoms with Gasteiger partial charge >= 0.3 is 0 Å². The van der Waals surface area contributed by atoms with E-state index in [2.05, 4.69) is 18.5 Å². The Morgan fingerprint density at radius 2 is 1.40 bits per heavy atom. The van der Waals surface area contributed by atoms with Crippen LogP contribution in [0.5, 0.6) is 0 Å². The molecule has 0 atom stereocenters. The molecule has 0 aliphatic rings. The van der Waals surface area contributed by atoms with E-state index in [-0.39, 0.29) is 0 Å². The van der Waals surface area contributed by atoms with Gasteiger partial charge in [-0.05, 0) is 18.6 Å². The third-order valence-corrected chi connectivity index (χ3v) is 1.35. The van der Waals surface area contributed by atoms with Gasteiger partial charge in [-0.15, -0.1) is 0 Å². The second kappa shape index (κ2) is 18.5. The summed E-state index contributed by atoms with van der Waals surface area (Å²) in [6.07, 6.45) is 7.51. The fraction of sp³-hybridized carbons (Fsp3) is 0.429. The number of rotatable bonds is 4. The van der Waals surface area contributed by atoms with Crippen LogP contribution in [-0.2, 0) is 0 Å². The van der Waals surface area contributed by atoms with Crippen LogP contribution in [0.25, 0.3) is 0 Å². The summed E-state index contributed by atoms with van der Waals surface area (Å²) in [5.74, 6) is 0. The van der Waals surface area contributed by atoms with E-state index in [0.717, 1.165) is 11.3 Å². The Kier molecular flexibility index (Phi) is 23.9. The van der Waals surface area contributed by atoms with E-state index in [1.165, 1.54) is 0 Å². The van der Waals surface area contributed by atoms with E-state index in [9.17, 15) is 0 Å². The molecular weight excluding hydrogens is 182 g/mol. The first-order valence-corrected chi connectivity index (χ1v) is 5.59. The van der Waals surface area contributed by atoms with Gasteiger partial charge < -0.3 is 5.32 Å². The van der Waals surface area contributed by atoms with Gasteiger partial charge in [-0.3, -0.25) is 0 Å². The minimum absolute atomic E-state index is 1.02. The Morgan fingerprint density at radius 3 is 1.60 bits per heavy atom. The lowest BCUT2D eigenvalue weighted by Crippen LogP contribution is -2.05. The maximum atomic E-state index is 3.68. The van der Waals surface area contributed by atoms with Crippen molar-refractivity contribution in [3.05, 3.63) is 48.7 Å². The van der Waals surface area contributed by atoms with Gasteiger partial charge in [0.1, 0.15) is 0 Å². The topological polar surface area (TPSA) is 12.0 Å². The van der Waals surface area contributed by atoms with Gasteiger partial charge in [0.2, 0.25) is 0 Å². The smallest absolute Gasteiger partial charge is 0.0407 e. The molecule has 1 heteroatoms. The third kappa shape index (κ3) is 10.7. The number of nitrogens with one attached hydrogen (secondary N) is 1. The first-order chi connectivity index (χ1) is 7.29. The Morgan fingerprint density at radius 1 is 1.00 bits per heavy atom. The maximum absolute atomic E-state index is 3.68. The molecule has 0 aliphatic carbocycles. The Labute approximate surface area is 96.3 Å². The molecule has 0 saturated carbocycles. The summed E-state index contributed by atoms with van der Waals surface area (Å²) >= 11 is 0.